The second kappa shape index (κ2) is 6.67. The standard InChI is InChI=1S/C12H23N7O/c1-4-19-7-5-6-9(19)8-18(2)11-14-10(17-13)15-12(16-11)20-3/h9H,4-8,13H2,1-3H3,(H,14,15,16,17). The molecule has 0 radical (unpaired) electrons. The van der Waals surface area contributed by atoms with Crippen LogP contribution < -0.4 is 20.9 Å². The van der Waals surface area contributed by atoms with Crippen LogP contribution in [0.1, 0.15) is 19.8 Å². The Morgan fingerprint density at radius 2 is 2.25 bits per heavy atom. The molecule has 1 aromatic heterocycles. The molecule has 1 aliphatic rings. The summed E-state index contributed by atoms with van der Waals surface area (Å²) in [7, 11) is 3.50. The van der Waals surface area contributed by atoms with Crippen molar-refractivity contribution in [3.8, 4) is 6.01 Å². The van der Waals surface area contributed by atoms with Gasteiger partial charge in [-0.15, -0.1) is 0 Å². The van der Waals surface area contributed by atoms with Crippen LogP contribution in [0.25, 0.3) is 0 Å². The Balaban J connectivity index is 2.10. The zero-order valence-corrected chi connectivity index (χ0v) is 12.3. The highest BCUT2D eigenvalue weighted by molar-refractivity contribution is 5.37. The minimum atomic E-state index is 0.258. The number of nitrogens with one attached hydrogen (secondary N) is 1. The van der Waals surface area contributed by atoms with E-state index in [1.165, 1.54) is 26.5 Å². The summed E-state index contributed by atoms with van der Waals surface area (Å²) < 4.78 is 5.06. The van der Waals surface area contributed by atoms with Crippen LogP contribution >= 0.6 is 0 Å². The Bertz CT molecular complexity index is 420. The molecule has 0 amide bonds. The third kappa shape index (κ3) is 3.26. The van der Waals surface area contributed by atoms with Crippen LogP contribution in [0.5, 0.6) is 6.01 Å². The van der Waals surface area contributed by atoms with Crippen molar-refractivity contribution in [1.29, 1.82) is 0 Å². The van der Waals surface area contributed by atoms with Crippen LogP contribution in [-0.4, -0.2) is 59.7 Å². The van der Waals surface area contributed by atoms with Gasteiger partial charge >= 0.3 is 6.01 Å². The van der Waals surface area contributed by atoms with Crippen molar-refractivity contribution in [2.24, 2.45) is 5.84 Å². The Morgan fingerprint density at radius 1 is 1.45 bits per heavy atom. The molecule has 2 heterocycles. The predicted molar refractivity (Wildman–Crippen MR) is 77.7 cm³/mol. The lowest BCUT2D eigenvalue weighted by molar-refractivity contribution is 0.270. The van der Waals surface area contributed by atoms with E-state index in [4.69, 9.17) is 10.6 Å². The normalized spacial score (nSPS) is 19.1. The third-order valence-corrected chi connectivity index (χ3v) is 3.65. The largest absolute Gasteiger partial charge is 0.467 e. The maximum absolute atomic E-state index is 5.36. The van der Waals surface area contributed by atoms with E-state index in [0.717, 1.165) is 13.1 Å². The molecule has 1 fully saturated rings. The first-order chi connectivity index (χ1) is 9.67. The Hall–Kier alpha value is -1.67. The van der Waals surface area contributed by atoms with E-state index in [9.17, 15) is 0 Å². The Morgan fingerprint density at radius 3 is 2.90 bits per heavy atom. The molecule has 112 valence electrons. The summed E-state index contributed by atoms with van der Waals surface area (Å²) in [5.41, 5.74) is 2.43. The molecule has 1 unspecified atom stereocenters. The molecule has 1 aromatic rings. The Labute approximate surface area is 119 Å². The van der Waals surface area contributed by atoms with Gasteiger partial charge in [0.1, 0.15) is 0 Å². The summed E-state index contributed by atoms with van der Waals surface area (Å²) >= 11 is 0. The number of likely N-dealkylation sites (tertiary alicyclic amines) is 1. The van der Waals surface area contributed by atoms with Gasteiger partial charge < -0.3 is 9.64 Å². The number of nitrogens with zero attached hydrogens (tertiary/aromatic N) is 5. The summed E-state index contributed by atoms with van der Waals surface area (Å²) in [6, 6.07) is 0.801. The lowest BCUT2D eigenvalue weighted by atomic mass is 10.2. The smallest absolute Gasteiger partial charge is 0.322 e. The summed E-state index contributed by atoms with van der Waals surface area (Å²) in [6.07, 6.45) is 2.46. The minimum Gasteiger partial charge on any atom is -0.467 e. The van der Waals surface area contributed by atoms with E-state index in [0.29, 0.717) is 17.9 Å². The summed E-state index contributed by atoms with van der Waals surface area (Å²) in [5.74, 6) is 6.23. The molecule has 0 aliphatic carbocycles. The zero-order chi connectivity index (χ0) is 14.5. The first-order valence-electron chi connectivity index (χ1n) is 6.89. The highest BCUT2D eigenvalue weighted by Gasteiger charge is 2.25. The number of methoxy groups -OCH3 is 1. The number of aromatic nitrogens is 3. The predicted octanol–water partition coefficient (Wildman–Crippen LogP) is 0.0863. The first kappa shape index (κ1) is 14.7. The highest BCUT2D eigenvalue weighted by atomic mass is 16.5. The molecular weight excluding hydrogens is 258 g/mol. The number of anilines is 2. The van der Waals surface area contributed by atoms with Gasteiger partial charge in [0.15, 0.2) is 0 Å². The van der Waals surface area contributed by atoms with Crippen molar-refractivity contribution >= 4 is 11.9 Å². The van der Waals surface area contributed by atoms with Crippen molar-refractivity contribution in [2.45, 2.75) is 25.8 Å². The van der Waals surface area contributed by atoms with Gasteiger partial charge in [-0.1, -0.05) is 6.92 Å². The molecule has 1 aliphatic heterocycles. The van der Waals surface area contributed by atoms with Gasteiger partial charge in [0.05, 0.1) is 7.11 Å². The molecule has 20 heavy (non-hydrogen) atoms. The van der Waals surface area contributed by atoms with Crippen molar-refractivity contribution in [3.63, 3.8) is 0 Å². The van der Waals surface area contributed by atoms with Crippen molar-refractivity contribution in [3.05, 3.63) is 0 Å². The van der Waals surface area contributed by atoms with Crippen LogP contribution in [0.3, 0.4) is 0 Å². The fourth-order valence-electron chi connectivity index (χ4n) is 2.59. The van der Waals surface area contributed by atoms with E-state index < -0.39 is 0 Å². The van der Waals surface area contributed by atoms with Crippen LogP contribution in [-0.2, 0) is 0 Å². The molecule has 2 rings (SSSR count). The van der Waals surface area contributed by atoms with Gasteiger partial charge in [-0.05, 0) is 25.9 Å². The Kier molecular flexibility index (Phi) is 4.91. The zero-order valence-electron chi connectivity index (χ0n) is 12.3. The quantitative estimate of drug-likeness (QED) is 0.560. The molecule has 0 aromatic carbocycles. The molecule has 8 heteroatoms. The van der Waals surface area contributed by atoms with Gasteiger partial charge in [-0.2, -0.15) is 15.0 Å². The van der Waals surface area contributed by atoms with Gasteiger partial charge in [-0.25, -0.2) is 5.84 Å². The highest BCUT2D eigenvalue weighted by Crippen LogP contribution is 2.20. The second-order valence-electron chi connectivity index (χ2n) is 4.90. The maximum atomic E-state index is 5.36. The van der Waals surface area contributed by atoms with Gasteiger partial charge in [0, 0.05) is 19.6 Å². The summed E-state index contributed by atoms with van der Waals surface area (Å²) in [4.78, 5) is 17.0. The SMILES string of the molecule is CCN1CCCC1CN(C)c1nc(NN)nc(OC)n1. The van der Waals surface area contributed by atoms with Gasteiger partial charge in [0.25, 0.3) is 0 Å². The van der Waals surface area contributed by atoms with Crippen LogP contribution in [0.4, 0.5) is 11.9 Å². The molecule has 0 bridgehead atoms. The lowest BCUT2D eigenvalue weighted by Gasteiger charge is -2.27. The summed E-state index contributed by atoms with van der Waals surface area (Å²) in [5, 5.41) is 0. The number of nitrogen functional groups attached to an aromatic ring is 1. The molecule has 8 nitrogen and oxygen atoms in total. The van der Waals surface area contributed by atoms with Crippen LogP contribution in [0, 0.1) is 0 Å². The van der Waals surface area contributed by atoms with Gasteiger partial charge in [-0.3, -0.25) is 10.3 Å². The number of rotatable bonds is 6. The number of nitrogens with two attached hydrogens (primary N) is 1. The third-order valence-electron chi connectivity index (χ3n) is 3.65. The number of likely N-dealkylation sites (N-methyl/N-ethyl adjacent to an activating group) is 2. The molecule has 0 spiro atoms. The van der Waals surface area contributed by atoms with E-state index >= 15 is 0 Å². The average molecular weight is 281 g/mol. The van der Waals surface area contributed by atoms with Crippen molar-refractivity contribution in [1.82, 2.24) is 19.9 Å². The number of hydrogen-bond donors (Lipinski definition) is 2. The molecule has 3 N–H and O–H groups in total. The molecule has 1 atom stereocenters. The molecule has 0 saturated carbocycles. The first-order valence-corrected chi connectivity index (χ1v) is 6.89. The van der Waals surface area contributed by atoms with Crippen LogP contribution in [0.15, 0.2) is 0 Å². The van der Waals surface area contributed by atoms with E-state index in [1.54, 1.807) is 0 Å². The topological polar surface area (TPSA) is 92.4 Å². The molecular formula is C12H23N7O. The fourth-order valence-corrected chi connectivity index (χ4v) is 2.59. The lowest BCUT2D eigenvalue weighted by Crippen LogP contribution is -2.39. The number of ether oxygens (including phenoxy) is 1. The average Bonchev–Trinajstić information content (AvgIpc) is 2.93. The number of hydrogen-bond acceptors (Lipinski definition) is 8. The number of hydrazine groups is 1. The molecule has 1 saturated heterocycles. The second-order valence-corrected chi connectivity index (χ2v) is 4.90. The summed E-state index contributed by atoms with van der Waals surface area (Å²) in [6.45, 7) is 5.32. The van der Waals surface area contributed by atoms with E-state index in [-0.39, 0.29) is 6.01 Å². The van der Waals surface area contributed by atoms with Crippen LogP contribution in [0.2, 0.25) is 0 Å². The minimum absolute atomic E-state index is 0.258. The van der Waals surface area contributed by atoms with Crippen molar-refractivity contribution < 1.29 is 4.74 Å². The fraction of sp³-hybridized carbons (Fsp3) is 0.750. The van der Waals surface area contributed by atoms with Crippen molar-refractivity contribution in [2.75, 3.05) is 44.1 Å². The van der Waals surface area contributed by atoms with E-state index in [2.05, 4.69) is 32.2 Å². The van der Waals surface area contributed by atoms with E-state index in [1.807, 2.05) is 11.9 Å². The van der Waals surface area contributed by atoms with Gasteiger partial charge in [0.2, 0.25) is 11.9 Å². The maximum Gasteiger partial charge on any atom is 0.322 e. The monoisotopic (exact) mass is 281 g/mol.